The molecule has 150 valence electrons. The van der Waals surface area contributed by atoms with Crippen LogP contribution < -0.4 is 0 Å². The average molecular weight is 391 g/mol. The number of aliphatic carboxylic acids is 1. The van der Waals surface area contributed by atoms with Gasteiger partial charge >= 0.3 is 12.1 Å². The van der Waals surface area contributed by atoms with Crippen LogP contribution in [0.15, 0.2) is 48.5 Å². The molecular formula is C24H25NO4. The molecule has 3 aliphatic rings. The Bertz CT molecular complexity index is 906. The lowest BCUT2D eigenvalue weighted by Gasteiger charge is -2.37. The Kier molecular flexibility index (Phi) is 4.53. The molecular weight excluding hydrogens is 366 g/mol. The standard InChI is InChI=1S/C24H25NO4/c26-23(27)22-13-12-21(15-6-5-7-15)25(22)24(28)29-14-20-18-10-3-1-8-16(18)17-9-2-4-11-19(17)20/h1-4,8-11,15,20-22H,5-7,12-14H2,(H,26,27). The van der Waals surface area contributed by atoms with Gasteiger partial charge in [-0.2, -0.15) is 0 Å². The topological polar surface area (TPSA) is 66.8 Å². The molecule has 0 spiro atoms. The molecule has 1 saturated carbocycles. The first-order valence-electron chi connectivity index (χ1n) is 10.5. The normalized spacial score (nSPS) is 23.4. The molecule has 5 nitrogen and oxygen atoms in total. The Balaban J connectivity index is 1.36. The molecule has 2 fully saturated rings. The van der Waals surface area contributed by atoms with Gasteiger partial charge in [0, 0.05) is 12.0 Å². The first-order valence-corrected chi connectivity index (χ1v) is 10.5. The summed E-state index contributed by atoms with van der Waals surface area (Å²) in [4.78, 5) is 26.3. The minimum Gasteiger partial charge on any atom is -0.480 e. The van der Waals surface area contributed by atoms with Gasteiger partial charge in [-0.25, -0.2) is 9.59 Å². The van der Waals surface area contributed by atoms with Crippen LogP contribution in [0.2, 0.25) is 0 Å². The predicted octanol–water partition coefficient (Wildman–Crippen LogP) is 4.65. The van der Waals surface area contributed by atoms with Gasteiger partial charge in [-0.05, 0) is 53.9 Å². The van der Waals surface area contributed by atoms with E-state index in [0.717, 1.165) is 36.8 Å². The van der Waals surface area contributed by atoms with Crippen molar-refractivity contribution in [1.29, 1.82) is 0 Å². The summed E-state index contributed by atoms with van der Waals surface area (Å²) in [5.74, 6) is -0.528. The maximum Gasteiger partial charge on any atom is 0.410 e. The third-order valence-corrected chi connectivity index (χ3v) is 6.95. The van der Waals surface area contributed by atoms with E-state index in [4.69, 9.17) is 4.74 Å². The fraction of sp³-hybridized carbons (Fsp3) is 0.417. The van der Waals surface area contributed by atoms with Crippen molar-refractivity contribution in [3.8, 4) is 11.1 Å². The Morgan fingerprint density at radius 2 is 1.55 bits per heavy atom. The van der Waals surface area contributed by atoms with Gasteiger partial charge in [-0.3, -0.25) is 4.90 Å². The number of ether oxygens (including phenoxy) is 1. The Morgan fingerprint density at radius 3 is 2.10 bits per heavy atom. The van der Waals surface area contributed by atoms with Crippen LogP contribution in [0, 0.1) is 5.92 Å². The summed E-state index contributed by atoms with van der Waals surface area (Å²) in [5.41, 5.74) is 4.68. The van der Waals surface area contributed by atoms with Gasteiger partial charge in [-0.1, -0.05) is 55.0 Å². The van der Waals surface area contributed by atoms with Gasteiger partial charge < -0.3 is 9.84 Å². The van der Waals surface area contributed by atoms with Gasteiger partial charge in [0.2, 0.25) is 0 Å². The predicted molar refractivity (Wildman–Crippen MR) is 109 cm³/mol. The van der Waals surface area contributed by atoms with Crippen molar-refractivity contribution < 1.29 is 19.4 Å². The second-order valence-electron chi connectivity index (χ2n) is 8.40. The fourth-order valence-electron chi connectivity index (χ4n) is 5.30. The van der Waals surface area contributed by atoms with Crippen LogP contribution in [0.5, 0.6) is 0 Å². The van der Waals surface area contributed by atoms with Crippen molar-refractivity contribution in [2.75, 3.05) is 6.61 Å². The van der Waals surface area contributed by atoms with E-state index < -0.39 is 18.1 Å². The lowest BCUT2D eigenvalue weighted by Crippen LogP contribution is -2.49. The van der Waals surface area contributed by atoms with Crippen molar-refractivity contribution >= 4 is 12.1 Å². The number of benzene rings is 2. The molecule has 0 bridgehead atoms. The highest BCUT2D eigenvalue weighted by atomic mass is 16.6. The molecule has 5 heteroatoms. The largest absolute Gasteiger partial charge is 0.480 e. The van der Waals surface area contributed by atoms with Crippen molar-refractivity contribution in [2.45, 2.75) is 50.1 Å². The lowest BCUT2D eigenvalue weighted by atomic mass is 9.79. The molecule has 0 aromatic heterocycles. The van der Waals surface area contributed by atoms with E-state index in [9.17, 15) is 14.7 Å². The second-order valence-corrected chi connectivity index (χ2v) is 8.40. The molecule has 1 heterocycles. The maximum absolute atomic E-state index is 13.0. The number of carbonyl (C=O) groups is 2. The molecule has 1 amide bonds. The molecule has 1 saturated heterocycles. The van der Waals surface area contributed by atoms with Crippen molar-refractivity contribution in [3.63, 3.8) is 0 Å². The zero-order valence-corrected chi connectivity index (χ0v) is 16.3. The van der Waals surface area contributed by atoms with Crippen LogP contribution >= 0.6 is 0 Å². The summed E-state index contributed by atoms with van der Waals surface area (Å²) in [7, 11) is 0. The number of carboxylic acids is 1. The summed E-state index contributed by atoms with van der Waals surface area (Å²) >= 11 is 0. The summed E-state index contributed by atoms with van der Waals surface area (Å²) in [6.45, 7) is 0.229. The van der Waals surface area contributed by atoms with E-state index in [-0.39, 0.29) is 18.6 Å². The molecule has 2 unspecified atom stereocenters. The first kappa shape index (κ1) is 18.2. The van der Waals surface area contributed by atoms with Crippen molar-refractivity contribution in [1.82, 2.24) is 4.90 Å². The zero-order valence-electron chi connectivity index (χ0n) is 16.3. The highest BCUT2D eigenvalue weighted by Gasteiger charge is 2.46. The first-order chi connectivity index (χ1) is 14.1. The minimum absolute atomic E-state index is 0.000463. The van der Waals surface area contributed by atoms with Crippen molar-refractivity contribution in [2.24, 2.45) is 5.92 Å². The van der Waals surface area contributed by atoms with E-state index in [1.807, 2.05) is 24.3 Å². The third-order valence-electron chi connectivity index (χ3n) is 6.95. The van der Waals surface area contributed by atoms with Gasteiger partial charge in [0.05, 0.1) is 0 Å². The molecule has 29 heavy (non-hydrogen) atoms. The maximum atomic E-state index is 13.0. The van der Waals surface area contributed by atoms with Crippen molar-refractivity contribution in [3.05, 3.63) is 59.7 Å². The number of amides is 1. The molecule has 5 rings (SSSR count). The van der Waals surface area contributed by atoms with Crippen LogP contribution in [-0.2, 0) is 9.53 Å². The second kappa shape index (κ2) is 7.21. The van der Waals surface area contributed by atoms with Crippen LogP contribution in [0.25, 0.3) is 11.1 Å². The fourth-order valence-corrected chi connectivity index (χ4v) is 5.30. The van der Waals surface area contributed by atoms with Crippen LogP contribution in [0.1, 0.15) is 49.1 Å². The van der Waals surface area contributed by atoms with E-state index >= 15 is 0 Å². The van der Waals surface area contributed by atoms with Crippen LogP contribution in [-0.4, -0.2) is 40.8 Å². The average Bonchev–Trinajstić information content (AvgIpc) is 3.25. The zero-order chi connectivity index (χ0) is 20.0. The highest BCUT2D eigenvalue weighted by Crippen LogP contribution is 2.45. The Hall–Kier alpha value is -2.82. The number of likely N-dealkylation sites (tertiary alicyclic amines) is 1. The summed E-state index contributed by atoms with van der Waals surface area (Å²) in [6, 6.07) is 15.7. The van der Waals surface area contributed by atoms with Gasteiger partial charge in [0.1, 0.15) is 12.6 Å². The smallest absolute Gasteiger partial charge is 0.410 e. The van der Waals surface area contributed by atoms with E-state index in [1.54, 1.807) is 0 Å². The van der Waals surface area contributed by atoms with E-state index in [0.29, 0.717) is 12.3 Å². The molecule has 1 aliphatic heterocycles. The minimum atomic E-state index is -0.930. The van der Waals surface area contributed by atoms with Crippen LogP contribution in [0.4, 0.5) is 4.79 Å². The molecule has 2 atom stereocenters. The molecule has 2 aliphatic carbocycles. The number of carboxylic acid groups (broad SMARTS) is 1. The Labute approximate surface area is 170 Å². The molecule has 0 radical (unpaired) electrons. The lowest BCUT2D eigenvalue weighted by molar-refractivity contribution is -0.142. The Morgan fingerprint density at radius 1 is 0.931 bits per heavy atom. The number of nitrogens with zero attached hydrogens (tertiary/aromatic N) is 1. The van der Waals surface area contributed by atoms with Gasteiger partial charge in [0.25, 0.3) is 0 Å². The quantitative estimate of drug-likeness (QED) is 0.824. The number of hydrogen-bond donors (Lipinski definition) is 1. The number of carbonyl (C=O) groups excluding carboxylic acids is 1. The monoisotopic (exact) mass is 391 g/mol. The number of fused-ring (bicyclic) bond motifs is 3. The van der Waals surface area contributed by atoms with Gasteiger partial charge in [-0.15, -0.1) is 0 Å². The van der Waals surface area contributed by atoms with E-state index in [1.165, 1.54) is 16.0 Å². The summed E-state index contributed by atoms with van der Waals surface area (Å²) < 4.78 is 5.78. The third kappa shape index (κ3) is 3.00. The molecule has 2 aromatic carbocycles. The van der Waals surface area contributed by atoms with E-state index in [2.05, 4.69) is 24.3 Å². The molecule has 2 aromatic rings. The van der Waals surface area contributed by atoms with Crippen LogP contribution in [0.3, 0.4) is 0 Å². The summed E-state index contributed by atoms with van der Waals surface area (Å²) in [5, 5.41) is 9.61. The number of hydrogen-bond acceptors (Lipinski definition) is 3. The molecule has 1 N–H and O–H groups in total. The SMILES string of the molecule is O=C(O)C1CCC(C2CCC2)N1C(=O)OCC1c2ccccc2-c2ccccc21. The highest BCUT2D eigenvalue weighted by molar-refractivity contribution is 5.82. The van der Waals surface area contributed by atoms with Gasteiger partial charge in [0.15, 0.2) is 0 Å². The number of rotatable bonds is 4. The summed E-state index contributed by atoms with van der Waals surface area (Å²) in [6.07, 6.45) is 4.10.